The first-order valence-corrected chi connectivity index (χ1v) is 7.45. The van der Waals surface area contributed by atoms with Crippen molar-refractivity contribution in [2.75, 3.05) is 17.7 Å². The van der Waals surface area contributed by atoms with Crippen LogP contribution in [0.1, 0.15) is 0 Å². The summed E-state index contributed by atoms with van der Waals surface area (Å²) in [5.41, 5.74) is 0.521. The third-order valence-corrected chi connectivity index (χ3v) is 3.54. The summed E-state index contributed by atoms with van der Waals surface area (Å²) in [6, 6.07) is 9.06. The number of carbonyl (C=O) groups is 1. The Morgan fingerprint density at radius 1 is 1.32 bits per heavy atom. The van der Waals surface area contributed by atoms with Gasteiger partial charge in [-0.3, -0.25) is 10.1 Å². The van der Waals surface area contributed by atoms with Gasteiger partial charge in [0.15, 0.2) is 10.7 Å². The molecule has 2 aromatic rings. The van der Waals surface area contributed by atoms with E-state index in [0.717, 1.165) is 0 Å². The van der Waals surface area contributed by atoms with Crippen LogP contribution in [-0.2, 0) is 9.53 Å². The molecule has 0 saturated carbocycles. The number of aliphatic hydroxyl groups excluding tert-OH is 1. The van der Waals surface area contributed by atoms with Crippen molar-refractivity contribution < 1.29 is 14.6 Å². The SMILES string of the molecule is CO/C(O)=C(\C(=O)Nc1nccs1)C(=S)Nc1ccccc1. The molecule has 0 aliphatic heterocycles. The smallest absolute Gasteiger partial charge is 0.292 e. The summed E-state index contributed by atoms with van der Waals surface area (Å²) in [7, 11) is 1.25. The molecule has 0 spiro atoms. The third-order valence-electron chi connectivity index (χ3n) is 2.55. The van der Waals surface area contributed by atoms with Gasteiger partial charge in [-0.25, -0.2) is 4.98 Å². The molecule has 6 nitrogen and oxygen atoms in total. The van der Waals surface area contributed by atoms with Gasteiger partial charge in [0.1, 0.15) is 4.99 Å². The molecule has 0 aliphatic rings. The number of carbonyl (C=O) groups excluding carboxylic acids is 1. The van der Waals surface area contributed by atoms with Gasteiger partial charge in [0.25, 0.3) is 11.9 Å². The number of anilines is 2. The Morgan fingerprint density at radius 3 is 2.64 bits per heavy atom. The zero-order valence-corrected chi connectivity index (χ0v) is 13.2. The lowest BCUT2D eigenvalue weighted by Gasteiger charge is -2.12. The summed E-state index contributed by atoms with van der Waals surface area (Å²) in [5, 5.41) is 17.4. The fourth-order valence-electron chi connectivity index (χ4n) is 1.56. The van der Waals surface area contributed by atoms with Crippen LogP contribution in [0.5, 0.6) is 0 Å². The van der Waals surface area contributed by atoms with Crippen molar-refractivity contribution in [3.8, 4) is 0 Å². The molecule has 1 heterocycles. The minimum Gasteiger partial charge on any atom is -0.480 e. The lowest BCUT2D eigenvalue weighted by atomic mass is 10.2. The van der Waals surface area contributed by atoms with Crippen LogP contribution in [0.3, 0.4) is 0 Å². The highest BCUT2D eigenvalue weighted by Crippen LogP contribution is 2.16. The van der Waals surface area contributed by atoms with E-state index in [4.69, 9.17) is 17.0 Å². The largest absolute Gasteiger partial charge is 0.480 e. The van der Waals surface area contributed by atoms with E-state index in [1.54, 1.807) is 23.7 Å². The first-order chi connectivity index (χ1) is 10.6. The first-order valence-electron chi connectivity index (χ1n) is 6.16. The lowest BCUT2D eigenvalue weighted by Crippen LogP contribution is -2.26. The van der Waals surface area contributed by atoms with Crippen LogP contribution < -0.4 is 10.6 Å². The topological polar surface area (TPSA) is 83.5 Å². The number of methoxy groups -OCH3 is 1. The Balaban J connectivity index is 2.19. The Labute approximate surface area is 136 Å². The summed E-state index contributed by atoms with van der Waals surface area (Å²) < 4.78 is 4.74. The molecule has 0 fully saturated rings. The van der Waals surface area contributed by atoms with E-state index in [9.17, 15) is 9.90 Å². The van der Waals surface area contributed by atoms with Gasteiger partial charge in [-0.2, -0.15) is 0 Å². The standard InChI is InChI=1S/C14H13N3O3S2/c1-20-13(19)10(11(18)17-14-15-7-8-22-14)12(21)16-9-5-3-2-4-6-9/h2-8,19H,1H3,(H,16,21)(H,15,17,18)/b13-10+. The van der Waals surface area contributed by atoms with Crippen molar-refractivity contribution in [3.63, 3.8) is 0 Å². The zero-order chi connectivity index (χ0) is 15.9. The van der Waals surface area contributed by atoms with Crippen molar-refractivity contribution in [2.24, 2.45) is 0 Å². The first kappa shape index (κ1) is 15.9. The molecule has 1 aromatic carbocycles. The molecule has 8 heteroatoms. The van der Waals surface area contributed by atoms with E-state index in [0.29, 0.717) is 10.8 Å². The van der Waals surface area contributed by atoms with Crippen LogP contribution in [0.25, 0.3) is 0 Å². The summed E-state index contributed by atoms with van der Waals surface area (Å²) >= 11 is 6.44. The molecule has 0 radical (unpaired) electrons. The van der Waals surface area contributed by atoms with Gasteiger partial charge in [-0.05, 0) is 12.1 Å². The highest BCUT2D eigenvalue weighted by molar-refractivity contribution is 7.81. The molecule has 1 aromatic heterocycles. The number of nitrogens with zero attached hydrogens (tertiary/aromatic N) is 1. The third kappa shape index (κ3) is 4.03. The number of thiocarbonyl (C=S) groups is 1. The highest BCUT2D eigenvalue weighted by Gasteiger charge is 2.22. The molecular weight excluding hydrogens is 322 g/mol. The maximum absolute atomic E-state index is 12.3. The van der Waals surface area contributed by atoms with Gasteiger partial charge in [0.05, 0.1) is 7.11 Å². The van der Waals surface area contributed by atoms with Crippen molar-refractivity contribution >= 4 is 45.3 Å². The Hall–Kier alpha value is -2.45. The van der Waals surface area contributed by atoms with Crippen LogP contribution in [0.15, 0.2) is 53.4 Å². The van der Waals surface area contributed by atoms with Crippen molar-refractivity contribution in [2.45, 2.75) is 0 Å². The van der Waals surface area contributed by atoms with Crippen LogP contribution >= 0.6 is 23.6 Å². The molecule has 114 valence electrons. The van der Waals surface area contributed by atoms with Gasteiger partial charge >= 0.3 is 0 Å². The van der Waals surface area contributed by atoms with Gasteiger partial charge in [0.2, 0.25) is 0 Å². The number of ether oxygens (including phenoxy) is 1. The summed E-state index contributed by atoms with van der Waals surface area (Å²) in [4.78, 5) is 16.3. The number of amides is 1. The Kier molecular flexibility index (Phi) is 5.45. The molecular formula is C14H13N3O3S2. The predicted molar refractivity (Wildman–Crippen MR) is 90.1 cm³/mol. The molecule has 0 atom stereocenters. The minimum absolute atomic E-state index is 0.0413. The van der Waals surface area contributed by atoms with E-state index in [1.165, 1.54) is 18.4 Å². The second kappa shape index (κ2) is 7.53. The normalized spacial score (nSPS) is 11.3. The molecule has 3 N–H and O–H groups in total. The van der Waals surface area contributed by atoms with Crippen LogP contribution in [-0.4, -0.2) is 28.1 Å². The monoisotopic (exact) mass is 335 g/mol. The van der Waals surface area contributed by atoms with Crippen molar-refractivity contribution in [1.29, 1.82) is 0 Å². The van der Waals surface area contributed by atoms with E-state index in [2.05, 4.69) is 15.6 Å². The number of hydrogen-bond donors (Lipinski definition) is 3. The number of benzene rings is 1. The van der Waals surface area contributed by atoms with E-state index >= 15 is 0 Å². The highest BCUT2D eigenvalue weighted by atomic mass is 32.1. The van der Waals surface area contributed by atoms with Gasteiger partial charge in [-0.15, -0.1) is 11.3 Å². The van der Waals surface area contributed by atoms with Crippen LogP contribution in [0.2, 0.25) is 0 Å². The van der Waals surface area contributed by atoms with Crippen molar-refractivity contribution in [1.82, 2.24) is 4.98 Å². The van der Waals surface area contributed by atoms with E-state index in [-0.39, 0.29) is 10.6 Å². The van der Waals surface area contributed by atoms with Gasteiger partial charge in [0, 0.05) is 17.3 Å². The number of aromatic nitrogens is 1. The van der Waals surface area contributed by atoms with Gasteiger partial charge < -0.3 is 15.2 Å². The molecule has 2 rings (SSSR count). The van der Waals surface area contributed by atoms with E-state index in [1.807, 2.05) is 18.2 Å². The summed E-state index contributed by atoms with van der Waals surface area (Å²) in [6.45, 7) is 0. The number of aliphatic hydroxyl groups is 1. The Bertz CT molecular complexity index is 685. The second-order valence-electron chi connectivity index (χ2n) is 4.00. The zero-order valence-electron chi connectivity index (χ0n) is 11.6. The number of hydrogen-bond acceptors (Lipinski definition) is 6. The average molecular weight is 335 g/mol. The number of nitrogens with one attached hydrogen (secondary N) is 2. The molecule has 0 unspecified atom stereocenters. The van der Waals surface area contributed by atoms with Gasteiger partial charge in [-0.1, -0.05) is 30.4 Å². The summed E-state index contributed by atoms with van der Waals surface area (Å²) in [5.74, 6) is -1.18. The average Bonchev–Trinajstić information content (AvgIpc) is 3.01. The number of para-hydroxylation sites is 1. The van der Waals surface area contributed by atoms with Crippen molar-refractivity contribution in [3.05, 3.63) is 53.4 Å². The maximum atomic E-state index is 12.3. The number of thiazole rings is 1. The predicted octanol–water partition coefficient (Wildman–Crippen LogP) is 2.94. The summed E-state index contributed by atoms with van der Waals surface area (Å²) in [6.07, 6.45) is 1.56. The second-order valence-corrected chi connectivity index (χ2v) is 5.30. The van der Waals surface area contributed by atoms with Crippen LogP contribution in [0.4, 0.5) is 10.8 Å². The Morgan fingerprint density at radius 2 is 2.05 bits per heavy atom. The molecule has 22 heavy (non-hydrogen) atoms. The van der Waals surface area contributed by atoms with E-state index < -0.39 is 11.9 Å². The quantitative estimate of drug-likeness (QED) is 0.443. The number of rotatable bonds is 5. The fourth-order valence-corrected chi connectivity index (χ4v) is 2.38. The maximum Gasteiger partial charge on any atom is 0.292 e. The molecule has 0 saturated heterocycles. The fraction of sp³-hybridized carbons (Fsp3) is 0.0714. The minimum atomic E-state index is -0.609. The van der Waals surface area contributed by atoms with Crippen LogP contribution in [0, 0.1) is 0 Å². The molecule has 0 aliphatic carbocycles. The molecule has 1 amide bonds. The molecule has 0 bridgehead atoms. The lowest BCUT2D eigenvalue weighted by molar-refractivity contribution is -0.112.